The Balaban J connectivity index is 1.98. The van der Waals surface area contributed by atoms with Crippen LogP contribution >= 0.6 is 23.1 Å². The van der Waals surface area contributed by atoms with Crippen LogP contribution in [0.2, 0.25) is 0 Å². The van der Waals surface area contributed by atoms with Crippen LogP contribution < -0.4 is 0 Å². The van der Waals surface area contributed by atoms with E-state index >= 15 is 0 Å². The molecule has 2 aromatic rings. The fraction of sp³-hybridized carbons (Fsp3) is 0.467. The Hall–Kier alpha value is -1.85. The SMILES string of the molecule is CCN(CC(C)C#N)C(=O)CSc1nnc(-c2cccs2)n1C. The average molecular weight is 349 g/mol. The number of rotatable bonds is 7. The summed E-state index contributed by atoms with van der Waals surface area (Å²) in [4.78, 5) is 15.0. The summed E-state index contributed by atoms with van der Waals surface area (Å²) in [6.07, 6.45) is 0. The summed E-state index contributed by atoms with van der Waals surface area (Å²) in [6.45, 7) is 4.80. The molecule has 0 aliphatic carbocycles. The highest BCUT2D eigenvalue weighted by Crippen LogP contribution is 2.26. The van der Waals surface area contributed by atoms with Gasteiger partial charge in [-0.3, -0.25) is 4.79 Å². The van der Waals surface area contributed by atoms with Gasteiger partial charge in [0.25, 0.3) is 0 Å². The number of carbonyl (C=O) groups excluding carboxylic acids is 1. The fourth-order valence-corrected chi connectivity index (χ4v) is 3.62. The third-order valence-electron chi connectivity index (χ3n) is 3.35. The Morgan fingerprint density at radius 1 is 1.57 bits per heavy atom. The molecule has 0 saturated heterocycles. The highest BCUT2D eigenvalue weighted by Gasteiger charge is 2.17. The lowest BCUT2D eigenvalue weighted by molar-refractivity contribution is -0.128. The van der Waals surface area contributed by atoms with Crippen molar-refractivity contribution in [2.45, 2.75) is 19.0 Å². The third kappa shape index (κ3) is 4.33. The van der Waals surface area contributed by atoms with Gasteiger partial charge in [0, 0.05) is 20.1 Å². The lowest BCUT2D eigenvalue weighted by atomic mass is 10.2. The van der Waals surface area contributed by atoms with Crippen LogP contribution in [0.4, 0.5) is 0 Å². The van der Waals surface area contributed by atoms with Crippen molar-refractivity contribution in [1.29, 1.82) is 5.26 Å². The van der Waals surface area contributed by atoms with Crippen LogP contribution in [-0.2, 0) is 11.8 Å². The van der Waals surface area contributed by atoms with Gasteiger partial charge in [-0.15, -0.1) is 21.5 Å². The maximum atomic E-state index is 12.3. The maximum Gasteiger partial charge on any atom is 0.233 e. The Labute approximate surface area is 144 Å². The number of thiophene rings is 1. The standard InChI is InChI=1S/C15H19N5OS2/c1-4-20(9-11(2)8-16)13(21)10-23-15-18-17-14(19(15)3)12-6-5-7-22-12/h5-7,11H,4,9-10H2,1-3H3. The molecule has 0 saturated carbocycles. The van der Waals surface area contributed by atoms with Gasteiger partial charge in [-0.25, -0.2) is 0 Å². The van der Waals surface area contributed by atoms with Gasteiger partial charge in [0.2, 0.25) is 5.91 Å². The van der Waals surface area contributed by atoms with Crippen molar-refractivity contribution in [3.63, 3.8) is 0 Å². The zero-order chi connectivity index (χ0) is 16.8. The van der Waals surface area contributed by atoms with E-state index in [4.69, 9.17) is 5.26 Å². The Kier molecular flexibility index (Phi) is 6.19. The van der Waals surface area contributed by atoms with Gasteiger partial charge in [-0.1, -0.05) is 17.8 Å². The molecular weight excluding hydrogens is 330 g/mol. The van der Waals surface area contributed by atoms with Crippen LogP contribution in [0.3, 0.4) is 0 Å². The summed E-state index contributed by atoms with van der Waals surface area (Å²) in [6, 6.07) is 6.13. The Morgan fingerprint density at radius 3 is 2.96 bits per heavy atom. The molecule has 1 amide bonds. The minimum atomic E-state index is -0.163. The molecule has 0 fully saturated rings. The van der Waals surface area contributed by atoms with Crippen LogP contribution in [-0.4, -0.2) is 44.4 Å². The van der Waals surface area contributed by atoms with Crippen molar-refractivity contribution in [2.24, 2.45) is 13.0 Å². The van der Waals surface area contributed by atoms with Crippen molar-refractivity contribution in [3.8, 4) is 16.8 Å². The van der Waals surface area contributed by atoms with Crippen LogP contribution in [0, 0.1) is 17.2 Å². The smallest absolute Gasteiger partial charge is 0.233 e. The van der Waals surface area contributed by atoms with E-state index in [0.717, 1.165) is 10.7 Å². The molecule has 1 atom stereocenters. The molecule has 0 bridgehead atoms. The van der Waals surface area contributed by atoms with E-state index < -0.39 is 0 Å². The highest BCUT2D eigenvalue weighted by molar-refractivity contribution is 7.99. The van der Waals surface area contributed by atoms with Gasteiger partial charge in [-0.05, 0) is 25.3 Å². The Morgan fingerprint density at radius 2 is 2.35 bits per heavy atom. The summed E-state index contributed by atoms with van der Waals surface area (Å²) in [5.74, 6) is 0.951. The minimum absolute atomic E-state index is 0.0141. The molecule has 1 unspecified atom stereocenters. The second-order valence-corrected chi connectivity index (χ2v) is 6.98. The monoisotopic (exact) mass is 349 g/mol. The fourth-order valence-electron chi connectivity index (χ4n) is 2.06. The summed E-state index contributed by atoms with van der Waals surface area (Å²) in [5.41, 5.74) is 0. The number of nitriles is 1. The van der Waals surface area contributed by atoms with E-state index in [9.17, 15) is 4.79 Å². The molecule has 2 aromatic heterocycles. The quantitative estimate of drug-likeness (QED) is 0.718. The summed E-state index contributed by atoms with van der Waals surface area (Å²) < 4.78 is 1.90. The van der Waals surface area contributed by atoms with E-state index in [1.54, 1.807) is 16.2 Å². The third-order valence-corrected chi connectivity index (χ3v) is 5.22. The van der Waals surface area contributed by atoms with Crippen molar-refractivity contribution < 1.29 is 4.79 Å². The lowest BCUT2D eigenvalue weighted by Gasteiger charge is -2.21. The molecule has 0 aliphatic rings. The van der Waals surface area contributed by atoms with Gasteiger partial charge in [0.15, 0.2) is 11.0 Å². The van der Waals surface area contributed by atoms with Crippen LogP contribution in [0.5, 0.6) is 0 Å². The van der Waals surface area contributed by atoms with Crippen molar-refractivity contribution in [3.05, 3.63) is 17.5 Å². The van der Waals surface area contributed by atoms with Gasteiger partial charge in [0.1, 0.15) is 0 Å². The zero-order valence-corrected chi connectivity index (χ0v) is 15.0. The van der Waals surface area contributed by atoms with Gasteiger partial charge < -0.3 is 9.47 Å². The van der Waals surface area contributed by atoms with E-state index in [0.29, 0.717) is 24.0 Å². The summed E-state index contributed by atoms with van der Waals surface area (Å²) in [7, 11) is 1.90. The molecule has 0 aromatic carbocycles. The molecule has 8 heteroatoms. The molecule has 6 nitrogen and oxygen atoms in total. The average Bonchev–Trinajstić information content (AvgIpc) is 3.19. The van der Waals surface area contributed by atoms with Crippen molar-refractivity contribution in [1.82, 2.24) is 19.7 Å². The predicted molar refractivity (Wildman–Crippen MR) is 92.1 cm³/mol. The molecule has 0 aliphatic heterocycles. The largest absolute Gasteiger partial charge is 0.341 e. The summed E-state index contributed by atoms with van der Waals surface area (Å²) >= 11 is 2.98. The van der Waals surface area contributed by atoms with E-state index in [-0.39, 0.29) is 11.8 Å². The minimum Gasteiger partial charge on any atom is -0.341 e. The molecular formula is C15H19N5OS2. The number of nitrogens with zero attached hydrogens (tertiary/aromatic N) is 5. The first-order valence-corrected chi connectivity index (χ1v) is 9.16. The molecule has 122 valence electrons. The van der Waals surface area contributed by atoms with E-state index in [2.05, 4.69) is 16.3 Å². The molecule has 23 heavy (non-hydrogen) atoms. The predicted octanol–water partition coefficient (Wildman–Crippen LogP) is 2.64. The number of thioether (sulfide) groups is 1. The number of aromatic nitrogens is 3. The van der Waals surface area contributed by atoms with Crippen LogP contribution in [0.1, 0.15) is 13.8 Å². The second-order valence-electron chi connectivity index (χ2n) is 5.09. The number of amides is 1. The van der Waals surface area contributed by atoms with Gasteiger partial charge in [0.05, 0.1) is 22.6 Å². The molecule has 0 radical (unpaired) electrons. The number of hydrogen-bond acceptors (Lipinski definition) is 6. The molecule has 0 N–H and O–H groups in total. The van der Waals surface area contributed by atoms with Crippen molar-refractivity contribution in [2.75, 3.05) is 18.8 Å². The normalized spacial score (nSPS) is 11.9. The van der Waals surface area contributed by atoms with Gasteiger partial charge >= 0.3 is 0 Å². The summed E-state index contributed by atoms with van der Waals surface area (Å²) in [5, 5.41) is 20.0. The molecule has 2 rings (SSSR count). The molecule has 0 spiro atoms. The first-order chi connectivity index (χ1) is 11.1. The van der Waals surface area contributed by atoms with Gasteiger partial charge in [-0.2, -0.15) is 5.26 Å². The van der Waals surface area contributed by atoms with E-state index in [1.807, 2.05) is 43.0 Å². The van der Waals surface area contributed by atoms with E-state index in [1.165, 1.54) is 11.8 Å². The zero-order valence-electron chi connectivity index (χ0n) is 13.4. The van der Waals surface area contributed by atoms with Crippen LogP contribution in [0.15, 0.2) is 22.7 Å². The maximum absolute atomic E-state index is 12.3. The molecule has 2 heterocycles. The first kappa shape index (κ1) is 17.5. The Bertz CT molecular complexity index is 689. The second kappa shape index (κ2) is 8.13. The van der Waals surface area contributed by atoms with Crippen molar-refractivity contribution >= 4 is 29.0 Å². The lowest BCUT2D eigenvalue weighted by Crippen LogP contribution is -2.35. The first-order valence-electron chi connectivity index (χ1n) is 7.30. The number of carbonyl (C=O) groups is 1. The van der Waals surface area contributed by atoms with Crippen LogP contribution in [0.25, 0.3) is 10.7 Å². The topological polar surface area (TPSA) is 74.8 Å². The number of hydrogen-bond donors (Lipinski definition) is 0. The highest BCUT2D eigenvalue weighted by atomic mass is 32.2.